The molecule has 1 aliphatic rings. The van der Waals surface area contributed by atoms with Crippen molar-refractivity contribution < 1.29 is 0 Å². The zero-order valence-corrected chi connectivity index (χ0v) is 11.9. The van der Waals surface area contributed by atoms with Crippen molar-refractivity contribution in [3.8, 4) is 0 Å². The molecule has 0 spiro atoms. The van der Waals surface area contributed by atoms with Crippen LogP contribution in [0.4, 0.5) is 5.69 Å². The fraction of sp³-hybridized carbons (Fsp3) is 0.538. The van der Waals surface area contributed by atoms with Crippen LogP contribution in [0.5, 0.6) is 0 Å². The number of aromatic nitrogens is 2. The van der Waals surface area contributed by atoms with Crippen LogP contribution in [0.3, 0.4) is 0 Å². The molecule has 0 N–H and O–H groups in total. The van der Waals surface area contributed by atoms with Crippen LogP contribution >= 0.6 is 11.6 Å². The van der Waals surface area contributed by atoms with E-state index in [0.29, 0.717) is 12.4 Å². The number of piperazine rings is 1. The molecular weight excluding hydrogens is 264 g/mol. The number of halogens is 1. The van der Waals surface area contributed by atoms with Crippen molar-refractivity contribution in [2.45, 2.75) is 6.54 Å². The molecule has 104 valence electrons. The quantitative estimate of drug-likeness (QED) is 0.605. The van der Waals surface area contributed by atoms with Crippen molar-refractivity contribution in [1.82, 2.24) is 14.7 Å². The first kappa shape index (κ1) is 14.1. The fourth-order valence-corrected chi connectivity index (χ4v) is 2.12. The monoisotopic (exact) mass is 282 g/mol. The molecule has 1 fully saturated rings. The van der Waals surface area contributed by atoms with E-state index in [2.05, 4.69) is 28.5 Å². The van der Waals surface area contributed by atoms with Crippen molar-refractivity contribution in [2.75, 3.05) is 44.0 Å². The van der Waals surface area contributed by atoms with Gasteiger partial charge in [0, 0.05) is 38.1 Å². The molecule has 0 unspecified atom stereocenters. The minimum Gasteiger partial charge on any atom is -0.368 e. The number of anilines is 1. The summed E-state index contributed by atoms with van der Waals surface area (Å²) in [5.41, 5.74) is 1.57. The predicted octanol–water partition coefficient (Wildman–Crippen LogP) is 0.790. The summed E-state index contributed by atoms with van der Waals surface area (Å²) < 4.78 is 1.39. The Balaban J connectivity index is 2.10. The smallest absolute Gasteiger partial charge is 0.269 e. The summed E-state index contributed by atoms with van der Waals surface area (Å²) in [7, 11) is 2.10. The maximum atomic E-state index is 12.0. The van der Waals surface area contributed by atoms with E-state index in [9.17, 15) is 4.79 Å². The Bertz CT molecular complexity index is 506. The molecule has 6 heteroatoms. The van der Waals surface area contributed by atoms with Crippen molar-refractivity contribution in [1.29, 1.82) is 0 Å². The fourth-order valence-electron chi connectivity index (χ4n) is 2.03. The summed E-state index contributed by atoms with van der Waals surface area (Å²) in [5.74, 6) is 0.342. The number of rotatable bonds is 4. The van der Waals surface area contributed by atoms with E-state index in [-0.39, 0.29) is 5.56 Å². The maximum absolute atomic E-state index is 12.0. The van der Waals surface area contributed by atoms with Crippen molar-refractivity contribution >= 4 is 17.3 Å². The Hall–Kier alpha value is -1.33. The molecule has 1 saturated heterocycles. The zero-order chi connectivity index (χ0) is 13.8. The molecule has 5 nitrogen and oxygen atoms in total. The lowest BCUT2D eigenvalue weighted by molar-refractivity contribution is 0.312. The Morgan fingerprint density at radius 3 is 2.68 bits per heavy atom. The standard InChI is InChI=1S/C13H19ClN4O/c1-11(8-14)10-18-13(19)7-12(9-15-18)17-5-3-16(2)4-6-17/h7,9H,1,3-6,8,10H2,2H3. The highest BCUT2D eigenvalue weighted by Crippen LogP contribution is 2.12. The Morgan fingerprint density at radius 1 is 1.42 bits per heavy atom. The SMILES string of the molecule is C=C(CCl)Cn1ncc(N2CCN(C)CC2)cc1=O. The van der Waals surface area contributed by atoms with Crippen LogP contribution in [0.2, 0.25) is 0 Å². The van der Waals surface area contributed by atoms with Gasteiger partial charge in [-0.2, -0.15) is 5.10 Å². The van der Waals surface area contributed by atoms with Crippen LogP contribution in [0.1, 0.15) is 0 Å². The Morgan fingerprint density at radius 2 is 2.11 bits per heavy atom. The molecule has 0 amide bonds. The lowest BCUT2D eigenvalue weighted by Crippen LogP contribution is -2.45. The van der Waals surface area contributed by atoms with Gasteiger partial charge >= 0.3 is 0 Å². The minimum atomic E-state index is -0.109. The first-order valence-electron chi connectivity index (χ1n) is 6.33. The summed E-state index contributed by atoms with van der Waals surface area (Å²) in [4.78, 5) is 16.4. The van der Waals surface area contributed by atoms with E-state index in [1.54, 1.807) is 12.3 Å². The highest BCUT2D eigenvalue weighted by Gasteiger charge is 2.15. The molecular formula is C13H19ClN4O. The highest BCUT2D eigenvalue weighted by molar-refractivity contribution is 6.19. The van der Waals surface area contributed by atoms with Gasteiger partial charge in [-0.25, -0.2) is 4.68 Å². The van der Waals surface area contributed by atoms with Crippen LogP contribution in [-0.2, 0) is 6.54 Å². The second-order valence-corrected chi connectivity index (χ2v) is 5.15. The van der Waals surface area contributed by atoms with Crippen molar-refractivity contribution in [2.24, 2.45) is 0 Å². The third-order valence-electron chi connectivity index (χ3n) is 3.29. The van der Waals surface area contributed by atoms with Crippen LogP contribution in [0, 0.1) is 0 Å². The third-order valence-corrected chi connectivity index (χ3v) is 3.66. The van der Waals surface area contributed by atoms with Gasteiger partial charge in [0.05, 0.1) is 18.4 Å². The van der Waals surface area contributed by atoms with Gasteiger partial charge in [0.2, 0.25) is 0 Å². The number of hydrogen-bond acceptors (Lipinski definition) is 4. The van der Waals surface area contributed by atoms with Crippen LogP contribution < -0.4 is 10.5 Å². The van der Waals surface area contributed by atoms with Crippen molar-refractivity contribution in [3.05, 3.63) is 34.8 Å². The van der Waals surface area contributed by atoms with E-state index in [0.717, 1.165) is 37.4 Å². The number of hydrogen-bond donors (Lipinski definition) is 0. The molecule has 19 heavy (non-hydrogen) atoms. The topological polar surface area (TPSA) is 41.4 Å². The van der Waals surface area contributed by atoms with Gasteiger partial charge in [-0.3, -0.25) is 4.79 Å². The summed E-state index contributed by atoms with van der Waals surface area (Å²) in [6.07, 6.45) is 1.74. The van der Waals surface area contributed by atoms with Crippen LogP contribution in [0.15, 0.2) is 29.2 Å². The van der Waals surface area contributed by atoms with Gasteiger partial charge in [0.25, 0.3) is 5.56 Å². The first-order chi connectivity index (χ1) is 9.10. The summed E-state index contributed by atoms with van der Waals surface area (Å²) >= 11 is 5.67. The number of alkyl halides is 1. The largest absolute Gasteiger partial charge is 0.368 e. The zero-order valence-electron chi connectivity index (χ0n) is 11.2. The first-order valence-corrected chi connectivity index (χ1v) is 6.87. The molecule has 2 heterocycles. The lowest BCUT2D eigenvalue weighted by atomic mass is 10.3. The number of nitrogens with zero attached hydrogens (tertiary/aromatic N) is 4. The molecule has 1 aromatic rings. The lowest BCUT2D eigenvalue weighted by Gasteiger charge is -2.33. The van der Waals surface area contributed by atoms with Gasteiger partial charge in [-0.05, 0) is 12.6 Å². The molecule has 0 atom stereocenters. The molecule has 0 aromatic carbocycles. The third kappa shape index (κ3) is 3.58. The second kappa shape index (κ2) is 6.21. The summed E-state index contributed by atoms with van der Waals surface area (Å²) in [5, 5.41) is 4.19. The molecule has 0 saturated carbocycles. The normalized spacial score (nSPS) is 16.6. The van der Waals surface area contributed by atoms with Gasteiger partial charge < -0.3 is 9.80 Å². The van der Waals surface area contributed by atoms with Gasteiger partial charge in [-0.15, -0.1) is 11.6 Å². The minimum absolute atomic E-state index is 0.109. The number of allylic oxidation sites excluding steroid dienone is 1. The number of likely N-dealkylation sites (N-methyl/N-ethyl adjacent to an activating group) is 1. The van der Waals surface area contributed by atoms with E-state index in [4.69, 9.17) is 11.6 Å². The van der Waals surface area contributed by atoms with E-state index in [1.807, 2.05) is 0 Å². The Labute approximate surface area is 118 Å². The van der Waals surface area contributed by atoms with Gasteiger partial charge in [0.15, 0.2) is 0 Å². The molecule has 1 aromatic heterocycles. The van der Waals surface area contributed by atoms with E-state index in [1.165, 1.54) is 4.68 Å². The van der Waals surface area contributed by atoms with Gasteiger partial charge in [0.1, 0.15) is 0 Å². The van der Waals surface area contributed by atoms with Crippen LogP contribution in [-0.4, -0.2) is 53.8 Å². The molecule has 0 aliphatic carbocycles. The molecule has 2 rings (SSSR count). The van der Waals surface area contributed by atoms with E-state index >= 15 is 0 Å². The highest BCUT2D eigenvalue weighted by atomic mass is 35.5. The van der Waals surface area contributed by atoms with E-state index < -0.39 is 0 Å². The molecule has 0 radical (unpaired) electrons. The molecule has 0 bridgehead atoms. The Kier molecular flexibility index (Phi) is 4.61. The predicted molar refractivity (Wildman–Crippen MR) is 78.1 cm³/mol. The average molecular weight is 283 g/mol. The second-order valence-electron chi connectivity index (χ2n) is 4.88. The summed E-state index contributed by atoms with van der Waals surface area (Å²) in [6, 6.07) is 1.64. The van der Waals surface area contributed by atoms with Crippen molar-refractivity contribution in [3.63, 3.8) is 0 Å². The molecule has 1 aliphatic heterocycles. The average Bonchev–Trinajstić information content (AvgIpc) is 2.41. The summed E-state index contributed by atoms with van der Waals surface area (Å²) in [6.45, 7) is 8.03. The van der Waals surface area contributed by atoms with Crippen LogP contribution in [0.25, 0.3) is 0 Å². The van der Waals surface area contributed by atoms with Gasteiger partial charge in [-0.1, -0.05) is 6.58 Å². The maximum Gasteiger partial charge on any atom is 0.269 e.